The first-order valence-electron chi connectivity index (χ1n) is 13.5. The summed E-state index contributed by atoms with van der Waals surface area (Å²) in [6, 6.07) is 0. The van der Waals surface area contributed by atoms with E-state index in [0.29, 0.717) is 10.8 Å². The minimum Gasteiger partial charge on any atom is -0.390 e. The van der Waals surface area contributed by atoms with Gasteiger partial charge in [0.2, 0.25) is 0 Å². The number of hydrogen-bond acceptors (Lipinski definition) is 1. The van der Waals surface area contributed by atoms with Crippen molar-refractivity contribution in [3.05, 3.63) is 0 Å². The Labute approximate surface area is 180 Å². The molecule has 1 nitrogen and oxygen atoms in total. The average molecular weight is 401 g/mol. The Kier molecular flexibility index (Phi) is 5.21. The fraction of sp³-hybridized carbons (Fsp3) is 1.00. The zero-order chi connectivity index (χ0) is 20.4. The second-order valence-corrected chi connectivity index (χ2v) is 13.4. The molecule has 5 fully saturated rings. The molecule has 5 aliphatic rings. The fourth-order valence-corrected chi connectivity index (χ4v) is 9.74. The lowest BCUT2D eigenvalue weighted by Crippen LogP contribution is -2.55. The molecule has 0 amide bonds. The maximum atomic E-state index is 10.7. The molecule has 0 heterocycles. The van der Waals surface area contributed by atoms with Crippen LogP contribution in [0.25, 0.3) is 0 Å². The summed E-state index contributed by atoms with van der Waals surface area (Å²) in [5, 5.41) is 10.7. The Morgan fingerprint density at radius 3 is 2.34 bits per heavy atom. The zero-order valence-electron chi connectivity index (χ0n) is 19.9. The maximum absolute atomic E-state index is 10.7. The number of hydrogen-bond donors (Lipinski definition) is 1. The normalized spacial score (nSPS) is 53.1. The summed E-state index contributed by atoms with van der Waals surface area (Å²) in [7, 11) is 0. The lowest BCUT2D eigenvalue weighted by atomic mass is 9.43. The largest absolute Gasteiger partial charge is 0.390 e. The van der Waals surface area contributed by atoms with Crippen LogP contribution >= 0.6 is 0 Å². The van der Waals surface area contributed by atoms with E-state index in [1.165, 1.54) is 77.0 Å². The second-order valence-electron chi connectivity index (χ2n) is 13.4. The van der Waals surface area contributed by atoms with E-state index in [1.807, 2.05) is 0 Å². The van der Waals surface area contributed by atoms with Crippen LogP contribution in [0.5, 0.6) is 0 Å². The van der Waals surface area contributed by atoms with Gasteiger partial charge in [-0.15, -0.1) is 0 Å². The molecule has 5 aliphatic carbocycles. The standard InChI is InChI=1S/C28H48O/c1-19(6-5-7-20-8-9-20)23-12-13-24-22-11-10-21-18-26(2,29)16-17-27(21,3)25(22)14-15-28(23,24)4/h19-25,29H,5-18H2,1-4H3/t19-,21+,22+,23-,24+,25+,26+,27+,28-/m1/s1. The van der Waals surface area contributed by atoms with E-state index in [9.17, 15) is 5.11 Å². The van der Waals surface area contributed by atoms with Crippen molar-refractivity contribution < 1.29 is 5.11 Å². The minimum absolute atomic E-state index is 0.394. The molecule has 1 heteroatoms. The predicted molar refractivity (Wildman–Crippen MR) is 122 cm³/mol. The molecule has 5 saturated carbocycles. The van der Waals surface area contributed by atoms with Crippen molar-refractivity contribution in [3.63, 3.8) is 0 Å². The van der Waals surface area contributed by atoms with Gasteiger partial charge in [-0.3, -0.25) is 0 Å². The van der Waals surface area contributed by atoms with Gasteiger partial charge >= 0.3 is 0 Å². The summed E-state index contributed by atoms with van der Waals surface area (Å²) in [6.45, 7) is 10.1. The third kappa shape index (κ3) is 3.54. The van der Waals surface area contributed by atoms with Gasteiger partial charge in [-0.25, -0.2) is 0 Å². The van der Waals surface area contributed by atoms with Crippen LogP contribution in [-0.4, -0.2) is 10.7 Å². The third-order valence-electron chi connectivity index (χ3n) is 11.7. The highest BCUT2D eigenvalue weighted by Gasteiger charge is 2.61. The fourth-order valence-electron chi connectivity index (χ4n) is 9.74. The highest BCUT2D eigenvalue weighted by molar-refractivity contribution is 5.10. The van der Waals surface area contributed by atoms with Crippen LogP contribution in [0.4, 0.5) is 0 Å². The van der Waals surface area contributed by atoms with Gasteiger partial charge in [0.15, 0.2) is 0 Å². The molecule has 0 unspecified atom stereocenters. The first-order valence-corrected chi connectivity index (χ1v) is 13.5. The van der Waals surface area contributed by atoms with Crippen molar-refractivity contribution in [2.45, 2.75) is 123 Å². The van der Waals surface area contributed by atoms with Crippen molar-refractivity contribution in [3.8, 4) is 0 Å². The maximum Gasteiger partial charge on any atom is 0.0622 e. The molecule has 9 atom stereocenters. The van der Waals surface area contributed by atoms with Crippen LogP contribution in [-0.2, 0) is 0 Å². The molecule has 166 valence electrons. The van der Waals surface area contributed by atoms with Crippen LogP contribution in [0.3, 0.4) is 0 Å². The van der Waals surface area contributed by atoms with Crippen LogP contribution in [0, 0.1) is 52.3 Å². The number of aliphatic hydroxyl groups is 1. The van der Waals surface area contributed by atoms with Gasteiger partial charge in [0.1, 0.15) is 0 Å². The molecular formula is C28H48O. The van der Waals surface area contributed by atoms with E-state index >= 15 is 0 Å². The zero-order valence-corrected chi connectivity index (χ0v) is 19.9. The van der Waals surface area contributed by atoms with Gasteiger partial charge in [0, 0.05) is 0 Å². The van der Waals surface area contributed by atoms with E-state index in [-0.39, 0.29) is 0 Å². The van der Waals surface area contributed by atoms with Crippen molar-refractivity contribution in [2.75, 3.05) is 0 Å². The Bertz CT molecular complexity index is 605. The van der Waals surface area contributed by atoms with Gasteiger partial charge in [-0.05, 0) is 117 Å². The van der Waals surface area contributed by atoms with Gasteiger partial charge in [-0.2, -0.15) is 0 Å². The molecule has 29 heavy (non-hydrogen) atoms. The summed E-state index contributed by atoms with van der Waals surface area (Å²) in [5.74, 6) is 6.74. The molecule has 5 rings (SSSR count). The van der Waals surface area contributed by atoms with Crippen molar-refractivity contribution >= 4 is 0 Å². The quantitative estimate of drug-likeness (QED) is 0.503. The van der Waals surface area contributed by atoms with E-state index in [4.69, 9.17) is 0 Å². The summed E-state index contributed by atoms with van der Waals surface area (Å²) in [6.07, 6.45) is 19.8. The highest BCUT2D eigenvalue weighted by atomic mass is 16.3. The van der Waals surface area contributed by atoms with Gasteiger partial charge < -0.3 is 5.11 Å². The number of rotatable bonds is 5. The van der Waals surface area contributed by atoms with E-state index in [0.717, 1.165) is 54.3 Å². The molecule has 0 aromatic heterocycles. The van der Waals surface area contributed by atoms with Crippen LogP contribution in [0.1, 0.15) is 118 Å². The van der Waals surface area contributed by atoms with Gasteiger partial charge in [-0.1, -0.05) is 52.9 Å². The topological polar surface area (TPSA) is 20.2 Å². The molecule has 0 aromatic rings. The first kappa shape index (κ1) is 20.8. The Morgan fingerprint density at radius 1 is 0.828 bits per heavy atom. The van der Waals surface area contributed by atoms with E-state index in [1.54, 1.807) is 0 Å². The molecule has 0 saturated heterocycles. The predicted octanol–water partition coefficient (Wildman–Crippen LogP) is 7.61. The van der Waals surface area contributed by atoms with Crippen LogP contribution in [0.15, 0.2) is 0 Å². The lowest BCUT2D eigenvalue weighted by Gasteiger charge is -2.62. The molecule has 0 aromatic carbocycles. The molecular weight excluding hydrogens is 352 g/mol. The van der Waals surface area contributed by atoms with Crippen molar-refractivity contribution in [2.24, 2.45) is 52.3 Å². The third-order valence-corrected chi connectivity index (χ3v) is 11.7. The highest BCUT2D eigenvalue weighted by Crippen LogP contribution is 2.68. The van der Waals surface area contributed by atoms with Crippen molar-refractivity contribution in [1.82, 2.24) is 0 Å². The summed E-state index contributed by atoms with van der Waals surface area (Å²) in [4.78, 5) is 0. The average Bonchev–Trinajstić information content (AvgIpc) is 3.41. The summed E-state index contributed by atoms with van der Waals surface area (Å²) in [5.41, 5.74) is 0.749. The monoisotopic (exact) mass is 400 g/mol. The van der Waals surface area contributed by atoms with Crippen LogP contribution in [0.2, 0.25) is 0 Å². The Hall–Kier alpha value is -0.0400. The van der Waals surface area contributed by atoms with E-state index < -0.39 is 5.60 Å². The Balaban J connectivity index is 1.28. The first-order chi connectivity index (χ1) is 13.7. The van der Waals surface area contributed by atoms with Gasteiger partial charge in [0.05, 0.1) is 5.60 Å². The van der Waals surface area contributed by atoms with Crippen LogP contribution < -0.4 is 0 Å². The summed E-state index contributed by atoms with van der Waals surface area (Å²) < 4.78 is 0. The molecule has 0 spiro atoms. The molecule has 0 bridgehead atoms. The molecule has 0 radical (unpaired) electrons. The Morgan fingerprint density at radius 2 is 1.59 bits per heavy atom. The summed E-state index contributed by atoms with van der Waals surface area (Å²) >= 11 is 0. The van der Waals surface area contributed by atoms with Crippen molar-refractivity contribution in [1.29, 1.82) is 0 Å². The number of fused-ring (bicyclic) bond motifs is 5. The molecule has 1 N–H and O–H groups in total. The smallest absolute Gasteiger partial charge is 0.0622 e. The molecule has 0 aliphatic heterocycles. The van der Waals surface area contributed by atoms with E-state index in [2.05, 4.69) is 27.7 Å². The lowest BCUT2D eigenvalue weighted by molar-refractivity contribution is -0.148. The SMILES string of the molecule is C[C@H](CCCC1CC1)[C@H]1CC[C@H]2[C@@H]3CC[C@H]4C[C@@](C)(O)CC[C@]4(C)[C@H]3CC[C@]12C. The second kappa shape index (κ2) is 7.25. The minimum atomic E-state index is -0.394. The van der Waals surface area contributed by atoms with Gasteiger partial charge in [0.25, 0.3) is 0 Å².